The molecule has 1 saturated carbocycles. The first-order chi connectivity index (χ1) is 12.4. The summed E-state index contributed by atoms with van der Waals surface area (Å²) in [4.78, 5) is 23.6. The van der Waals surface area contributed by atoms with Crippen molar-refractivity contribution in [2.75, 3.05) is 13.2 Å². The predicted molar refractivity (Wildman–Crippen MR) is 94.7 cm³/mol. The number of thiophene rings is 1. The van der Waals surface area contributed by atoms with Crippen molar-refractivity contribution in [3.63, 3.8) is 0 Å². The lowest BCUT2D eigenvalue weighted by Gasteiger charge is -2.31. The Hall–Kier alpha value is -1.96. The van der Waals surface area contributed by atoms with E-state index in [2.05, 4.69) is 16.1 Å². The zero-order valence-electron chi connectivity index (χ0n) is 14.2. The van der Waals surface area contributed by atoms with E-state index < -0.39 is 34.0 Å². The largest absolute Gasteiger partial charge is 0.456 e. The first-order valence-electron chi connectivity index (χ1n) is 8.28. The Morgan fingerprint density at radius 1 is 1.31 bits per heavy atom. The minimum Gasteiger partial charge on any atom is -0.456 e. The highest BCUT2D eigenvalue weighted by atomic mass is 32.2. The first-order valence-corrected chi connectivity index (χ1v) is 10.6. The van der Waals surface area contributed by atoms with Crippen molar-refractivity contribution in [1.82, 2.24) is 10.0 Å². The van der Waals surface area contributed by atoms with Crippen LogP contribution in [0.3, 0.4) is 0 Å². The van der Waals surface area contributed by atoms with Gasteiger partial charge in [0.1, 0.15) is 9.75 Å². The van der Waals surface area contributed by atoms with Crippen molar-refractivity contribution >= 4 is 33.2 Å². The zero-order valence-corrected chi connectivity index (χ0v) is 15.8. The third-order valence-electron chi connectivity index (χ3n) is 4.05. The number of sulfonamides is 1. The molecule has 1 aromatic heterocycles. The van der Waals surface area contributed by atoms with Crippen LogP contribution in [0.15, 0.2) is 21.7 Å². The van der Waals surface area contributed by atoms with Gasteiger partial charge in [-0.3, -0.25) is 9.59 Å². The van der Waals surface area contributed by atoms with Crippen LogP contribution in [0.1, 0.15) is 38.5 Å². The second kappa shape index (κ2) is 9.12. The summed E-state index contributed by atoms with van der Waals surface area (Å²) in [6, 6.07) is 5.23. The molecule has 1 aliphatic carbocycles. The highest BCUT2D eigenvalue weighted by Gasteiger charge is 2.33. The molecule has 1 amide bonds. The summed E-state index contributed by atoms with van der Waals surface area (Å²) >= 11 is 1.08. The number of carbonyl (C=O) groups is 2. The molecule has 0 aliphatic heterocycles. The van der Waals surface area contributed by atoms with Crippen LogP contribution in [0.25, 0.3) is 0 Å². The smallest absolute Gasteiger partial charge is 0.307 e. The summed E-state index contributed by atoms with van der Waals surface area (Å²) in [5.74, 6) is -1.22. The number of hydrogen-bond acceptors (Lipinski definition) is 7. The van der Waals surface area contributed by atoms with Gasteiger partial charge < -0.3 is 10.1 Å². The second-order valence-corrected chi connectivity index (χ2v) is 8.98. The van der Waals surface area contributed by atoms with Crippen LogP contribution in [0.5, 0.6) is 0 Å². The number of amides is 1. The molecule has 0 bridgehead atoms. The monoisotopic (exact) mass is 399 g/mol. The van der Waals surface area contributed by atoms with Crippen molar-refractivity contribution in [3.05, 3.63) is 17.5 Å². The topological polar surface area (TPSA) is 125 Å². The fourth-order valence-electron chi connectivity index (χ4n) is 2.72. The van der Waals surface area contributed by atoms with E-state index in [1.807, 2.05) is 0 Å². The highest BCUT2D eigenvalue weighted by molar-refractivity contribution is 7.91. The minimum absolute atomic E-state index is 0.122. The Balaban J connectivity index is 1.70. The maximum atomic E-state index is 11.9. The molecule has 1 aromatic rings. The van der Waals surface area contributed by atoms with Crippen LogP contribution in [0.4, 0.5) is 0 Å². The number of carbonyl (C=O) groups excluding carboxylic acids is 2. The maximum Gasteiger partial charge on any atom is 0.307 e. The van der Waals surface area contributed by atoms with E-state index in [4.69, 9.17) is 4.74 Å². The summed E-state index contributed by atoms with van der Waals surface area (Å²) in [7, 11) is -3.63. The van der Waals surface area contributed by atoms with Crippen LogP contribution in [-0.4, -0.2) is 39.0 Å². The van der Waals surface area contributed by atoms with Crippen LogP contribution in [0.2, 0.25) is 0 Å². The van der Waals surface area contributed by atoms with Crippen LogP contribution >= 0.6 is 11.3 Å². The van der Waals surface area contributed by atoms with Gasteiger partial charge in [0.05, 0.1) is 12.5 Å². The van der Waals surface area contributed by atoms with Gasteiger partial charge in [0.15, 0.2) is 6.61 Å². The number of nitriles is 1. The molecule has 8 nitrogen and oxygen atoms in total. The summed E-state index contributed by atoms with van der Waals surface area (Å²) in [6.45, 7) is -0.608. The third-order valence-corrected chi connectivity index (χ3v) is 6.90. The Bertz CT molecular complexity index is 762. The van der Waals surface area contributed by atoms with E-state index in [9.17, 15) is 23.3 Å². The van der Waals surface area contributed by atoms with Gasteiger partial charge in [0, 0.05) is 6.54 Å². The lowest BCUT2D eigenvalue weighted by atomic mass is 9.83. The molecule has 2 N–H and O–H groups in total. The van der Waals surface area contributed by atoms with Gasteiger partial charge in [-0.1, -0.05) is 25.3 Å². The van der Waals surface area contributed by atoms with Crippen molar-refractivity contribution in [2.24, 2.45) is 0 Å². The van der Waals surface area contributed by atoms with Crippen LogP contribution < -0.4 is 10.0 Å². The fraction of sp³-hybridized carbons (Fsp3) is 0.562. The molecular formula is C16H21N3O5S2. The molecule has 1 aliphatic rings. The summed E-state index contributed by atoms with van der Waals surface area (Å²) in [6.07, 6.45) is 3.77. The molecule has 10 heteroatoms. The van der Waals surface area contributed by atoms with Crippen molar-refractivity contribution in [2.45, 2.75) is 48.3 Å². The number of hydrogen-bond donors (Lipinski definition) is 2. The highest BCUT2D eigenvalue weighted by Crippen LogP contribution is 2.27. The quantitative estimate of drug-likeness (QED) is 0.635. The van der Waals surface area contributed by atoms with E-state index >= 15 is 0 Å². The summed E-state index contributed by atoms with van der Waals surface area (Å²) in [5, 5.41) is 13.6. The lowest BCUT2D eigenvalue weighted by molar-refractivity contribution is -0.148. The number of nitrogens with zero attached hydrogens (tertiary/aromatic N) is 1. The van der Waals surface area contributed by atoms with Crippen molar-refractivity contribution in [3.8, 4) is 6.07 Å². The number of rotatable bonds is 8. The third kappa shape index (κ3) is 5.79. The van der Waals surface area contributed by atoms with Crippen molar-refractivity contribution < 1.29 is 22.7 Å². The van der Waals surface area contributed by atoms with E-state index in [-0.39, 0.29) is 17.2 Å². The van der Waals surface area contributed by atoms with E-state index in [1.54, 1.807) is 11.4 Å². The Labute approximate surface area is 156 Å². The van der Waals surface area contributed by atoms with Gasteiger partial charge in [-0.15, -0.1) is 11.3 Å². The maximum absolute atomic E-state index is 11.9. The van der Waals surface area contributed by atoms with Gasteiger partial charge in [-0.05, 0) is 24.3 Å². The molecule has 142 valence electrons. The molecule has 0 aromatic carbocycles. The standard InChI is InChI=1S/C16H21N3O5S2/c17-12-16(7-2-1-3-8-16)19-13(20)11-24-14(21)6-9-18-26(22,23)15-5-4-10-25-15/h4-5,10,18H,1-3,6-9,11H2,(H,19,20). The Morgan fingerprint density at radius 2 is 2.04 bits per heavy atom. The molecule has 0 saturated heterocycles. The molecule has 26 heavy (non-hydrogen) atoms. The fourth-order valence-corrected chi connectivity index (χ4v) is 4.79. The minimum atomic E-state index is -3.63. The summed E-state index contributed by atoms with van der Waals surface area (Å²) in [5.41, 5.74) is -0.877. The zero-order chi connectivity index (χ0) is 19.0. The molecule has 0 radical (unpaired) electrons. The SMILES string of the molecule is N#CC1(NC(=O)COC(=O)CCNS(=O)(=O)c2cccs2)CCCCC1. The van der Waals surface area contributed by atoms with Crippen molar-refractivity contribution in [1.29, 1.82) is 5.26 Å². The van der Waals surface area contributed by atoms with Gasteiger partial charge in [0.2, 0.25) is 10.0 Å². The van der Waals surface area contributed by atoms with Gasteiger partial charge >= 0.3 is 5.97 Å². The number of ether oxygens (including phenoxy) is 1. The predicted octanol–water partition coefficient (Wildman–Crippen LogP) is 1.30. The van der Waals surface area contributed by atoms with E-state index in [0.717, 1.165) is 30.6 Å². The first kappa shape index (κ1) is 20.4. The summed E-state index contributed by atoms with van der Waals surface area (Å²) < 4.78 is 31.1. The molecule has 0 atom stereocenters. The second-order valence-electron chi connectivity index (χ2n) is 6.04. The molecule has 1 fully saturated rings. The van der Waals surface area contributed by atoms with Gasteiger partial charge in [-0.2, -0.15) is 5.26 Å². The molecule has 0 spiro atoms. The van der Waals surface area contributed by atoms with E-state index in [0.29, 0.717) is 12.8 Å². The van der Waals surface area contributed by atoms with Crippen LogP contribution in [-0.2, 0) is 24.3 Å². The van der Waals surface area contributed by atoms with Gasteiger partial charge in [0.25, 0.3) is 5.91 Å². The van der Waals surface area contributed by atoms with Crippen LogP contribution in [0, 0.1) is 11.3 Å². The number of esters is 1. The molecular weight excluding hydrogens is 378 g/mol. The Morgan fingerprint density at radius 3 is 2.65 bits per heavy atom. The molecule has 0 unspecified atom stereocenters. The Kier molecular flexibility index (Phi) is 7.14. The lowest BCUT2D eigenvalue weighted by Crippen LogP contribution is -2.50. The number of nitrogens with one attached hydrogen (secondary N) is 2. The van der Waals surface area contributed by atoms with E-state index in [1.165, 1.54) is 6.07 Å². The normalized spacial score (nSPS) is 16.4. The average molecular weight is 399 g/mol. The molecule has 1 heterocycles. The van der Waals surface area contributed by atoms with Gasteiger partial charge in [-0.25, -0.2) is 13.1 Å². The average Bonchev–Trinajstić information content (AvgIpc) is 3.16. The molecule has 2 rings (SSSR count).